The highest BCUT2D eigenvalue weighted by atomic mass is 35.5. The maximum atomic E-state index is 10.0. The number of halogens is 2. The lowest BCUT2D eigenvalue weighted by Gasteiger charge is -2.09. The molecule has 8 heteroatoms. The quantitative estimate of drug-likeness (QED) is 0.311. The Hall–Kier alpha value is -3.48. The predicted molar refractivity (Wildman–Crippen MR) is 120 cm³/mol. The van der Waals surface area contributed by atoms with Crippen LogP contribution in [0.3, 0.4) is 0 Å². The number of benzene rings is 3. The highest BCUT2D eigenvalue weighted by Crippen LogP contribution is 2.30. The second kappa shape index (κ2) is 8.90. The Bertz CT molecular complexity index is 1200. The van der Waals surface area contributed by atoms with Crippen molar-refractivity contribution < 1.29 is 5.11 Å². The van der Waals surface area contributed by atoms with Crippen LogP contribution in [0.1, 0.15) is 5.56 Å². The molecule has 2 N–H and O–H groups in total. The molecule has 0 atom stereocenters. The third-order valence-corrected chi connectivity index (χ3v) is 4.71. The summed E-state index contributed by atoms with van der Waals surface area (Å²) in [6.45, 7) is 0. The highest BCUT2D eigenvalue weighted by molar-refractivity contribution is 6.36. The monoisotopic (exact) mass is 435 g/mol. The molecule has 0 unspecified atom stereocenters. The SMILES string of the molecule is Oc1c(Cl)cc(Cl)cc1/C=N/Nc1nnc(-c2ccccc2)c(-c2ccccc2)n1. The molecule has 0 radical (unpaired) electrons. The molecule has 0 aliphatic rings. The highest BCUT2D eigenvalue weighted by Gasteiger charge is 2.13. The molecular weight excluding hydrogens is 421 g/mol. The summed E-state index contributed by atoms with van der Waals surface area (Å²) in [5.74, 6) is 0.0902. The van der Waals surface area contributed by atoms with Crippen molar-refractivity contribution in [3.05, 3.63) is 88.4 Å². The summed E-state index contributed by atoms with van der Waals surface area (Å²) in [6, 6.07) is 22.4. The van der Waals surface area contributed by atoms with Gasteiger partial charge in [0.25, 0.3) is 5.95 Å². The second-order valence-electron chi connectivity index (χ2n) is 6.26. The first-order valence-corrected chi connectivity index (χ1v) is 9.70. The molecular formula is C22H15Cl2N5O. The van der Waals surface area contributed by atoms with Crippen molar-refractivity contribution >= 4 is 35.4 Å². The van der Waals surface area contributed by atoms with Crippen LogP contribution in [-0.2, 0) is 0 Å². The molecule has 6 nitrogen and oxygen atoms in total. The molecule has 0 fully saturated rings. The van der Waals surface area contributed by atoms with Crippen LogP contribution < -0.4 is 5.43 Å². The summed E-state index contributed by atoms with van der Waals surface area (Å²) in [5.41, 5.74) is 6.23. The van der Waals surface area contributed by atoms with E-state index in [9.17, 15) is 5.11 Å². The van der Waals surface area contributed by atoms with Crippen molar-refractivity contribution in [3.63, 3.8) is 0 Å². The van der Waals surface area contributed by atoms with Gasteiger partial charge in [-0.2, -0.15) is 5.10 Å². The van der Waals surface area contributed by atoms with E-state index in [1.165, 1.54) is 12.3 Å². The minimum Gasteiger partial charge on any atom is -0.506 e. The third kappa shape index (κ3) is 4.40. The Morgan fingerprint density at radius 1 is 0.833 bits per heavy atom. The molecule has 0 amide bonds. The number of phenols is 1. The maximum absolute atomic E-state index is 10.0. The molecule has 0 spiro atoms. The van der Waals surface area contributed by atoms with Gasteiger partial charge in [-0.05, 0) is 12.1 Å². The van der Waals surface area contributed by atoms with Gasteiger partial charge in [0.1, 0.15) is 17.1 Å². The first kappa shape index (κ1) is 19.8. The van der Waals surface area contributed by atoms with Crippen LogP contribution in [0, 0.1) is 0 Å². The van der Waals surface area contributed by atoms with Crippen molar-refractivity contribution in [2.24, 2.45) is 5.10 Å². The number of rotatable bonds is 5. The molecule has 4 aromatic rings. The van der Waals surface area contributed by atoms with Gasteiger partial charge in [0, 0.05) is 21.7 Å². The largest absolute Gasteiger partial charge is 0.506 e. The van der Waals surface area contributed by atoms with Crippen molar-refractivity contribution in [2.45, 2.75) is 0 Å². The number of nitrogens with zero attached hydrogens (tertiary/aromatic N) is 4. The summed E-state index contributed by atoms with van der Waals surface area (Å²) in [7, 11) is 0. The molecule has 0 saturated heterocycles. The van der Waals surface area contributed by atoms with E-state index < -0.39 is 0 Å². The average molecular weight is 436 g/mol. The van der Waals surface area contributed by atoms with Gasteiger partial charge in [0.2, 0.25) is 0 Å². The average Bonchev–Trinajstić information content (AvgIpc) is 2.78. The Morgan fingerprint density at radius 3 is 2.13 bits per heavy atom. The van der Waals surface area contributed by atoms with E-state index in [0.29, 0.717) is 22.0 Å². The molecule has 0 aliphatic heterocycles. The van der Waals surface area contributed by atoms with Crippen LogP contribution >= 0.6 is 23.2 Å². The van der Waals surface area contributed by atoms with E-state index in [0.717, 1.165) is 11.1 Å². The van der Waals surface area contributed by atoms with Crippen LogP contribution in [0.15, 0.2) is 77.9 Å². The van der Waals surface area contributed by atoms with Gasteiger partial charge >= 0.3 is 0 Å². The minimum absolute atomic E-state index is 0.116. The predicted octanol–water partition coefficient (Wildman–Crippen LogP) is 5.66. The Balaban J connectivity index is 1.67. The number of phenolic OH excluding ortho intramolecular Hbond substituents is 1. The van der Waals surface area contributed by atoms with E-state index in [4.69, 9.17) is 23.2 Å². The number of hydrazone groups is 1. The molecule has 0 bridgehead atoms. The van der Waals surface area contributed by atoms with Gasteiger partial charge in [-0.1, -0.05) is 83.9 Å². The zero-order valence-electron chi connectivity index (χ0n) is 15.5. The lowest BCUT2D eigenvalue weighted by molar-refractivity contribution is 0.475. The molecule has 3 aromatic carbocycles. The van der Waals surface area contributed by atoms with Gasteiger partial charge in [0.05, 0.1) is 11.2 Å². The Kier molecular flexibility index (Phi) is 5.88. The Labute approximate surface area is 182 Å². The number of hydrogen-bond acceptors (Lipinski definition) is 6. The van der Waals surface area contributed by atoms with Crippen molar-refractivity contribution in [2.75, 3.05) is 5.43 Å². The molecule has 4 rings (SSSR count). The summed E-state index contributed by atoms with van der Waals surface area (Å²) in [4.78, 5) is 4.59. The first-order chi connectivity index (χ1) is 14.6. The van der Waals surface area contributed by atoms with Crippen LogP contribution in [0.5, 0.6) is 5.75 Å². The fourth-order valence-corrected chi connectivity index (χ4v) is 3.31. The molecule has 0 saturated carbocycles. The lowest BCUT2D eigenvalue weighted by atomic mass is 10.0. The normalized spacial score (nSPS) is 11.0. The zero-order chi connectivity index (χ0) is 20.9. The molecule has 0 aliphatic carbocycles. The van der Waals surface area contributed by atoms with Crippen LogP contribution in [0.25, 0.3) is 22.5 Å². The molecule has 1 aromatic heterocycles. The van der Waals surface area contributed by atoms with Crippen LogP contribution in [0.4, 0.5) is 5.95 Å². The standard InChI is InChI=1S/C22H15Cl2N5O/c23-17-11-16(21(30)18(24)12-17)13-25-28-22-26-19(14-7-3-1-4-8-14)20(27-29-22)15-9-5-2-6-10-15/h1-13,30H,(H,26,28,29)/b25-13+. The van der Waals surface area contributed by atoms with Gasteiger partial charge in [-0.3, -0.25) is 0 Å². The second-order valence-corrected chi connectivity index (χ2v) is 7.10. The van der Waals surface area contributed by atoms with Gasteiger partial charge < -0.3 is 5.11 Å². The number of aromatic nitrogens is 3. The summed E-state index contributed by atoms with van der Waals surface area (Å²) < 4.78 is 0. The van der Waals surface area contributed by atoms with E-state index in [2.05, 4.69) is 25.7 Å². The molecule has 1 heterocycles. The summed E-state index contributed by atoms with van der Waals surface area (Å²) in [6.07, 6.45) is 1.38. The van der Waals surface area contributed by atoms with E-state index in [1.807, 2.05) is 60.7 Å². The zero-order valence-corrected chi connectivity index (χ0v) is 17.0. The van der Waals surface area contributed by atoms with Crippen molar-refractivity contribution in [3.8, 4) is 28.3 Å². The van der Waals surface area contributed by atoms with Gasteiger partial charge in [0.15, 0.2) is 0 Å². The minimum atomic E-state index is -0.116. The smallest absolute Gasteiger partial charge is 0.263 e. The van der Waals surface area contributed by atoms with E-state index >= 15 is 0 Å². The lowest BCUT2D eigenvalue weighted by Crippen LogP contribution is -2.03. The van der Waals surface area contributed by atoms with Crippen molar-refractivity contribution in [1.82, 2.24) is 15.2 Å². The number of hydrogen-bond donors (Lipinski definition) is 2. The first-order valence-electron chi connectivity index (χ1n) is 8.94. The summed E-state index contributed by atoms with van der Waals surface area (Å²) in [5, 5.41) is 23.1. The topological polar surface area (TPSA) is 83.3 Å². The maximum Gasteiger partial charge on any atom is 0.263 e. The number of nitrogens with one attached hydrogen (secondary N) is 1. The summed E-state index contributed by atoms with van der Waals surface area (Å²) >= 11 is 11.9. The fourth-order valence-electron chi connectivity index (χ4n) is 2.80. The van der Waals surface area contributed by atoms with E-state index in [1.54, 1.807) is 6.07 Å². The Morgan fingerprint density at radius 2 is 1.47 bits per heavy atom. The fraction of sp³-hybridized carbons (Fsp3) is 0. The molecule has 30 heavy (non-hydrogen) atoms. The number of anilines is 1. The van der Waals surface area contributed by atoms with E-state index in [-0.39, 0.29) is 16.7 Å². The molecule has 148 valence electrons. The van der Waals surface area contributed by atoms with Gasteiger partial charge in [-0.25, -0.2) is 10.4 Å². The van der Waals surface area contributed by atoms with Gasteiger partial charge in [-0.15, -0.1) is 10.2 Å². The third-order valence-electron chi connectivity index (χ3n) is 4.21. The van der Waals surface area contributed by atoms with Crippen LogP contribution in [-0.4, -0.2) is 26.5 Å². The van der Waals surface area contributed by atoms with Crippen LogP contribution in [0.2, 0.25) is 10.0 Å². The van der Waals surface area contributed by atoms with Crippen molar-refractivity contribution in [1.29, 1.82) is 0 Å². The number of aromatic hydroxyl groups is 1.